The van der Waals surface area contributed by atoms with Gasteiger partial charge >= 0.3 is 0 Å². The van der Waals surface area contributed by atoms with E-state index in [-0.39, 0.29) is 11.4 Å². The number of hydrogen-bond acceptors (Lipinski definition) is 3. The zero-order chi connectivity index (χ0) is 11.1. The quantitative estimate of drug-likeness (QED) is 0.680. The summed E-state index contributed by atoms with van der Waals surface area (Å²) in [6, 6.07) is 0.921. The van der Waals surface area contributed by atoms with Gasteiger partial charge in [0.05, 0.1) is 0 Å². The number of nitrogens with zero attached hydrogens (tertiary/aromatic N) is 1. The molecule has 0 aliphatic carbocycles. The number of nitrogens with one attached hydrogen (secondary N) is 1. The number of carbonyl (C=O) groups excluding carboxylic acids is 1. The highest BCUT2D eigenvalue weighted by Gasteiger charge is 2.38. The molecule has 0 spiro atoms. The van der Waals surface area contributed by atoms with Crippen LogP contribution in [-0.4, -0.2) is 41.5 Å². The molecule has 2 aliphatic rings. The van der Waals surface area contributed by atoms with Crippen molar-refractivity contribution in [3.8, 4) is 0 Å². The lowest BCUT2D eigenvalue weighted by molar-refractivity contribution is -0.121. The molecule has 0 aromatic carbocycles. The zero-order valence-corrected chi connectivity index (χ0v) is 9.62. The van der Waals surface area contributed by atoms with Gasteiger partial charge in [0.25, 0.3) is 0 Å². The Hall–Kier alpha value is -0.610. The summed E-state index contributed by atoms with van der Waals surface area (Å²) in [5.74, 6) is 0.196. The fraction of sp³-hybridized carbons (Fsp3) is 0.909. The normalized spacial score (nSPS) is 32.6. The van der Waals surface area contributed by atoms with Crippen LogP contribution in [0, 0.1) is 0 Å². The van der Waals surface area contributed by atoms with Crippen molar-refractivity contribution in [3.63, 3.8) is 0 Å². The van der Waals surface area contributed by atoms with Crippen molar-refractivity contribution in [1.29, 1.82) is 0 Å². The number of carbonyl (C=O) groups is 1. The third-order valence-electron chi connectivity index (χ3n) is 3.32. The molecule has 4 heteroatoms. The zero-order valence-electron chi connectivity index (χ0n) is 9.62. The van der Waals surface area contributed by atoms with Crippen LogP contribution in [-0.2, 0) is 4.79 Å². The van der Waals surface area contributed by atoms with E-state index in [1.54, 1.807) is 0 Å². The first-order chi connectivity index (χ1) is 6.96. The van der Waals surface area contributed by atoms with Gasteiger partial charge in [-0.3, -0.25) is 9.69 Å². The second-order valence-corrected chi connectivity index (χ2v) is 5.55. The summed E-state index contributed by atoms with van der Waals surface area (Å²) < 4.78 is 0. The predicted octanol–water partition coefficient (Wildman–Crippen LogP) is 0.0766. The van der Waals surface area contributed by atoms with E-state index >= 15 is 0 Å². The highest BCUT2D eigenvalue weighted by atomic mass is 16.1. The van der Waals surface area contributed by atoms with E-state index in [4.69, 9.17) is 5.73 Å². The Bertz CT molecular complexity index is 259. The topological polar surface area (TPSA) is 58.4 Å². The van der Waals surface area contributed by atoms with Crippen LogP contribution in [0.5, 0.6) is 0 Å². The molecule has 2 saturated heterocycles. The lowest BCUT2D eigenvalue weighted by atomic mass is 10.0. The first-order valence-corrected chi connectivity index (χ1v) is 5.77. The molecule has 1 amide bonds. The number of amides is 1. The Morgan fingerprint density at radius 3 is 2.80 bits per heavy atom. The van der Waals surface area contributed by atoms with Crippen LogP contribution in [0.15, 0.2) is 0 Å². The van der Waals surface area contributed by atoms with E-state index in [9.17, 15) is 4.79 Å². The average Bonchev–Trinajstić information content (AvgIpc) is 2.33. The van der Waals surface area contributed by atoms with Gasteiger partial charge in [-0.25, -0.2) is 0 Å². The Balaban J connectivity index is 2.07. The van der Waals surface area contributed by atoms with Crippen LogP contribution in [0.25, 0.3) is 0 Å². The molecule has 4 nitrogen and oxygen atoms in total. The number of hydrogen-bond donors (Lipinski definition) is 2. The average molecular weight is 211 g/mol. The predicted molar refractivity (Wildman–Crippen MR) is 59.4 cm³/mol. The van der Waals surface area contributed by atoms with Gasteiger partial charge in [0.15, 0.2) is 0 Å². The second-order valence-electron chi connectivity index (χ2n) is 5.55. The maximum Gasteiger partial charge on any atom is 0.221 e. The summed E-state index contributed by atoms with van der Waals surface area (Å²) >= 11 is 0. The van der Waals surface area contributed by atoms with Gasteiger partial charge in [-0.2, -0.15) is 0 Å². The van der Waals surface area contributed by atoms with E-state index in [0.717, 1.165) is 19.5 Å². The van der Waals surface area contributed by atoms with Crippen LogP contribution in [0.2, 0.25) is 0 Å². The summed E-state index contributed by atoms with van der Waals surface area (Å²) in [5, 5.41) is 2.97. The minimum Gasteiger partial charge on any atom is -0.354 e. The van der Waals surface area contributed by atoms with Crippen molar-refractivity contribution < 1.29 is 4.79 Å². The summed E-state index contributed by atoms with van der Waals surface area (Å²) in [6.45, 7) is 5.78. The highest BCUT2D eigenvalue weighted by molar-refractivity contribution is 5.77. The Morgan fingerprint density at radius 1 is 1.47 bits per heavy atom. The molecule has 2 rings (SSSR count). The Labute approximate surface area is 91.2 Å². The summed E-state index contributed by atoms with van der Waals surface area (Å²) in [5.41, 5.74) is 5.88. The largest absolute Gasteiger partial charge is 0.354 e. The molecule has 0 radical (unpaired) electrons. The molecule has 2 aliphatic heterocycles. The van der Waals surface area contributed by atoms with Crippen molar-refractivity contribution in [2.45, 2.75) is 50.7 Å². The van der Waals surface area contributed by atoms with Gasteiger partial charge in [-0.05, 0) is 26.7 Å². The summed E-state index contributed by atoms with van der Waals surface area (Å²) in [4.78, 5) is 13.8. The van der Waals surface area contributed by atoms with E-state index in [1.807, 2.05) is 13.8 Å². The van der Waals surface area contributed by atoms with Gasteiger partial charge in [-0.15, -0.1) is 0 Å². The van der Waals surface area contributed by atoms with E-state index < -0.39 is 0 Å². The first kappa shape index (κ1) is 10.9. The molecule has 2 unspecified atom stereocenters. The molecule has 0 saturated carbocycles. The Morgan fingerprint density at radius 2 is 2.13 bits per heavy atom. The summed E-state index contributed by atoms with van der Waals surface area (Å²) in [6.07, 6.45) is 2.99. The smallest absolute Gasteiger partial charge is 0.221 e. The first-order valence-electron chi connectivity index (χ1n) is 5.77. The maximum atomic E-state index is 11.4. The molecule has 86 valence electrons. The monoisotopic (exact) mass is 211 g/mol. The van der Waals surface area contributed by atoms with Crippen molar-refractivity contribution in [3.05, 3.63) is 0 Å². The van der Waals surface area contributed by atoms with E-state index in [2.05, 4.69) is 10.2 Å². The number of fused-ring (bicyclic) bond motifs is 2. The summed E-state index contributed by atoms with van der Waals surface area (Å²) in [7, 11) is 0. The molecule has 15 heavy (non-hydrogen) atoms. The standard InChI is InChI=1S/C11H21N3O/c1-11(2,12)7-14-8-3-4-9(14)6-13-10(15)5-8/h8-9H,3-7,12H2,1-2H3,(H,13,15). The molecular formula is C11H21N3O. The molecular weight excluding hydrogens is 190 g/mol. The molecule has 3 N–H and O–H groups in total. The van der Waals surface area contributed by atoms with Gasteiger partial charge in [0, 0.05) is 37.1 Å². The fourth-order valence-electron chi connectivity index (χ4n) is 2.70. The minimum atomic E-state index is -0.172. The fourth-order valence-corrected chi connectivity index (χ4v) is 2.70. The lowest BCUT2D eigenvalue weighted by Gasteiger charge is -2.33. The van der Waals surface area contributed by atoms with Gasteiger partial charge < -0.3 is 11.1 Å². The van der Waals surface area contributed by atoms with Gasteiger partial charge in [0.1, 0.15) is 0 Å². The SMILES string of the molecule is CC(C)(N)CN1C2CCC1CC(=O)NC2. The van der Waals surface area contributed by atoms with E-state index in [1.165, 1.54) is 6.42 Å². The van der Waals surface area contributed by atoms with Crippen LogP contribution >= 0.6 is 0 Å². The van der Waals surface area contributed by atoms with Crippen LogP contribution in [0.1, 0.15) is 33.1 Å². The third kappa shape index (κ3) is 2.49. The van der Waals surface area contributed by atoms with Crippen molar-refractivity contribution in [1.82, 2.24) is 10.2 Å². The highest BCUT2D eigenvalue weighted by Crippen LogP contribution is 2.29. The third-order valence-corrected chi connectivity index (χ3v) is 3.32. The minimum absolute atomic E-state index is 0.172. The molecule has 0 aromatic heterocycles. The van der Waals surface area contributed by atoms with Crippen LogP contribution < -0.4 is 11.1 Å². The molecule has 2 heterocycles. The molecule has 2 bridgehead atoms. The van der Waals surface area contributed by atoms with Crippen LogP contribution in [0.3, 0.4) is 0 Å². The lowest BCUT2D eigenvalue weighted by Crippen LogP contribution is -2.50. The molecule has 2 atom stereocenters. The van der Waals surface area contributed by atoms with Gasteiger partial charge in [-0.1, -0.05) is 0 Å². The Kier molecular flexibility index (Phi) is 2.73. The van der Waals surface area contributed by atoms with E-state index in [0.29, 0.717) is 18.5 Å². The number of nitrogens with two attached hydrogens (primary N) is 1. The molecule has 0 aromatic rings. The van der Waals surface area contributed by atoms with Crippen LogP contribution in [0.4, 0.5) is 0 Å². The molecule has 2 fully saturated rings. The van der Waals surface area contributed by atoms with Crippen molar-refractivity contribution in [2.75, 3.05) is 13.1 Å². The van der Waals surface area contributed by atoms with Crippen molar-refractivity contribution in [2.24, 2.45) is 5.73 Å². The van der Waals surface area contributed by atoms with Crippen molar-refractivity contribution >= 4 is 5.91 Å². The maximum absolute atomic E-state index is 11.4. The van der Waals surface area contributed by atoms with Gasteiger partial charge in [0.2, 0.25) is 5.91 Å². The number of rotatable bonds is 2. The second kappa shape index (κ2) is 3.76.